The van der Waals surface area contributed by atoms with E-state index in [0.717, 1.165) is 0 Å². The van der Waals surface area contributed by atoms with Crippen molar-refractivity contribution < 1.29 is 13.5 Å². The summed E-state index contributed by atoms with van der Waals surface area (Å²) in [5.41, 5.74) is 0. The van der Waals surface area contributed by atoms with Gasteiger partial charge in [-0.05, 0) is 12.1 Å². The molecule has 1 aliphatic heterocycles. The van der Waals surface area contributed by atoms with Crippen molar-refractivity contribution in [2.75, 3.05) is 19.0 Å². The van der Waals surface area contributed by atoms with Crippen molar-refractivity contribution in [3.05, 3.63) is 24.4 Å². The summed E-state index contributed by atoms with van der Waals surface area (Å²) in [4.78, 5) is 5.48. The van der Waals surface area contributed by atoms with E-state index in [4.69, 9.17) is 5.11 Å². The Kier molecular flexibility index (Phi) is 2.72. The number of hydrogen-bond donors (Lipinski definition) is 1. The van der Waals surface area contributed by atoms with Crippen LogP contribution in [0.5, 0.6) is 0 Å². The maximum atomic E-state index is 11.8. The Morgan fingerprint density at radius 2 is 2.20 bits per heavy atom. The second-order valence-electron chi connectivity index (χ2n) is 3.60. The van der Waals surface area contributed by atoms with E-state index < -0.39 is 9.84 Å². The van der Waals surface area contributed by atoms with Gasteiger partial charge < -0.3 is 5.11 Å². The standard InChI is InChI=1S/C9H12N2O3S/c12-8-5-11(6-8)7-15(13,14)9-3-1-2-4-10-9/h1-4,8,12H,5-7H2. The fourth-order valence-corrected chi connectivity index (χ4v) is 2.82. The molecule has 15 heavy (non-hydrogen) atoms. The Bertz CT molecular complexity index is 426. The van der Waals surface area contributed by atoms with Crippen molar-refractivity contribution in [2.24, 2.45) is 0 Å². The molecule has 2 rings (SSSR count). The summed E-state index contributed by atoms with van der Waals surface area (Å²) in [6.45, 7) is 0.845. The van der Waals surface area contributed by atoms with E-state index >= 15 is 0 Å². The first kappa shape index (κ1) is 10.5. The lowest BCUT2D eigenvalue weighted by Crippen LogP contribution is -2.52. The molecular weight excluding hydrogens is 216 g/mol. The van der Waals surface area contributed by atoms with Gasteiger partial charge in [-0.2, -0.15) is 0 Å². The van der Waals surface area contributed by atoms with Crippen LogP contribution in [-0.2, 0) is 9.84 Å². The second-order valence-corrected chi connectivity index (χ2v) is 5.51. The smallest absolute Gasteiger partial charge is 0.208 e. The molecule has 0 amide bonds. The van der Waals surface area contributed by atoms with E-state index in [0.29, 0.717) is 13.1 Å². The summed E-state index contributed by atoms with van der Waals surface area (Å²) in [7, 11) is -3.34. The van der Waals surface area contributed by atoms with Gasteiger partial charge >= 0.3 is 0 Å². The summed E-state index contributed by atoms with van der Waals surface area (Å²) in [6.07, 6.45) is 1.07. The summed E-state index contributed by atoms with van der Waals surface area (Å²) in [6, 6.07) is 4.79. The molecule has 5 nitrogen and oxygen atoms in total. The Balaban J connectivity index is 2.08. The number of rotatable bonds is 3. The number of nitrogens with zero attached hydrogens (tertiary/aromatic N) is 2. The fraction of sp³-hybridized carbons (Fsp3) is 0.444. The zero-order chi connectivity index (χ0) is 10.9. The van der Waals surface area contributed by atoms with Crippen LogP contribution < -0.4 is 0 Å². The van der Waals surface area contributed by atoms with Crippen LogP contribution in [0.3, 0.4) is 0 Å². The van der Waals surface area contributed by atoms with Crippen molar-refractivity contribution in [1.82, 2.24) is 9.88 Å². The third-order valence-corrected chi connectivity index (χ3v) is 3.83. The minimum atomic E-state index is -3.34. The number of aliphatic hydroxyl groups is 1. The molecule has 82 valence electrons. The topological polar surface area (TPSA) is 70.5 Å². The highest BCUT2D eigenvalue weighted by atomic mass is 32.2. The van der Waals surface area contributed by atoms with E-state index in [1.165, 1.54) is 12.3 Å². The Morgan fingerprint density at radius 3 is 2.73 bits per heavy atom. The van der Waals surface area contributed by atoms with E-state index in [2.05, 4.69) is 4.98 Å². The molecule has 1 saturated heterocycles. The number of β-amino-alcohol motifs (C(OH)–C–C–N with tert-alkyl or cyclic N) is 1. The molecule has 0 spiro atoms. The molecule has 0 saturated carbocycles. The number of pyridine rings is 1. The highest BCUT2D eigenvalue weighted by molar-refractivity contribution is 7.91. The van der Waals surface area contributed by atoms with Gasteiger partial charge in [0.05, 0.1) is 6.10 Å². The zero-order valence-electron chi connectivity index (χ0n) is 8.07. The average Bonchev–Trinajstić information content (AvgIpc) is 2.17. The molecule has 1 aliphatic rings. The third-order valence-electron chi connectivity index (χ3n) is 2.25. The SMILES string of the molecule is O=S(=O)(CN1CC(O)C1)c1ccccn1. The third kappa shape index (κ3) is 2.34. The van der Waals surface area contributed by atoms with Gasteiger partial charge in [-0.3, -0.25) is 4.90 Å². The lowest BCUT2D eigenvalue weighted by Gasteiger charge is -2.34. The Labute approximate surface area is 88.3 Å². The van der Waals surface area contributed by atoms with Crippen molar-refractivity contribution >= 4 is 9.84 Å². The number of sulfone groups is 1. The van der Waals surface area contributed by atoms with Crippen molar-refractivity contribution in [2.45, 2.75) is 11.1 Å². The predicted molar refractivity (Wildman–Crippen MR) is 53.9 cm³/mol. The van der Waals surface area contributed by atoms with Crippen LogP contribution in [0.1, 0.15) is 0 Å². The maximum Gasteiger partial charge on any atom is 0.208 e. The van der Waals surface area contributed by atoms with Gasteiger partial charge in [0.15, 0.2) is 5.03 Å². The molecule has 0 aliphatic carbocycles. The summed E-state index contributed by atoms with van der Waals surface area (Å²) >= 11 is 0. The van der Waals surface area contributed by atoms with E-state index in [1.54, 1.807) is 17.0 Å². The first-order valence-corrected chi connectivity index (χ1v) is 6.27. The minimum absolute atomic E-state index is 0.0684. The molecule has 1 aromatic heterocycles. The minimum Gasteiger partial charge on any atom is -0.390 e. The summed E-state index contributed by atoms with van der Waals surface area (Å²) in [5.74, 6) is -0.0684. The highest BCUT2D eigenvalue weighted by Gasteiger charge is 2.29. The molecule has 0 atom stereocenters. The van der Waals surface area contributed by atoms with Gasteiger partial charge in [-0.15, -0.1) is 0 Å². The van der Waals surface area contributed by atoms with Gasteiger partial charge in [-0.1, -0.05) is 6.07 Å². The van der Waals surface area contributed by atoms with Gasteiger partial charge in [0.1, 0.15) is 5.88 Å². The van der Waals surface area contributed by atoms with Crippen LogP contribution in [0.15, 0.2) is 29.4 Å². The molecule has 1 aromatic rings. The predicted octanol–water partition coefficient (Wildman–Crippen LogP) is -0.511. The van der Waals surface area contributed by atoms with Crippen molar-refractivity contribution in [1.29, 1.82) is 0 Å². The van der Waals surface area contributed by atoms with Gasteiger partial charge in [0.2, 0.25) is 9.84 Å². The van der Waals surface area contributed by atoms with Gasteiger partial charge in [0, 0.05) is 19.3 Å². The molecule has 0 radical (unpaired) electrons. The van der Waals surface area contributed by atoms with Crippen molar-refractivity contribution in [3.8, 4) is 0 Å². The molecular formula is C9H12N2O3S. The molecule has 6 heteroatoms. The van der Waals surface area contributed by atoms with E-state index in [9.17, 15) is 8.42 Å². The fourth-order valence-electron chi connectivity index (χ4n) is 1.49. The van der Waals surface area contributed by atoms with Gasteiger partial charge in [-0.25, -0.2) is 13.4 Å². The van der Waals surface area contributed by atoms with E-state index in [1.807, 2.05) is 0 Å². The number of aliphatic hydroxyl groups excluding tert-OH is 1. The Hall–Kier alpha value is -0.980. The number of aromatic nitrogens is 1. The van der Waals surface area contributed by atoms with Crippen LogP contribution in [0.25, 0.3) is 0 Å². The summed E-state index contributed by atoms with van der Waals surface area (Å²) in [5, 5.41) is 9.12. The van der Waals surface area contributed by atoms with Crippen LogP contribution in [0.2, 0.25) is 0 Å². The lowest BCUT2D eigenvalue weighted by molar-refractivity contribution is 0.0141. The molecule has 0 aromatic carbocycles. The molecule has 0 bridgehead atoms. The zero-order valence-corrected chi connectivity index (χ0v) is 8.89. The largest absolute Gasteiger partial charge is 0.390 e. The number of likely N-dealkylation sites (tertiary alicyclic amines) is 1. The molecule has 0 unspecified atom stereocenters. The molecule has 1 N–H and O–H groups in total. The van der Waals surface area contributed by atoms with Crippen LogP contribution >= 0.6 is 0 Å². The Morgan fingerprint density at radius 1 is 1.47 bits per heavy atom. The van der Waals surface area contributed by atoms with Crippen LogP contribution in [0.4, 0.5) is 0 Å². The van der Waals surface area contributed by atoms with Gasteiger partial charge in [0.25, 0.3) is 0 Å². The van der Waals surface area contributed by atoms with Crippen LogP contribution in [0, 0.1) is 0 Å². The van der Waals surface area contributed by atoms with Crippen molar-refractivity contribution in [3.63, 3.8) is 0 Å². The quantitative estimate of drug-likeness (QED) is 0.754. The lowest BCUT2D eigenvalue weighted by atomic mass is 10.2. The molecule has 2 heterocycles. The number of hydrogen-bond acceptors (Lipinski definition) is 5. The second kappa shape index (κ2) is 3.88. The summed E-state index contributed by atoms with van der Waals surface area (Å²) < 4.78 is 23.5. The van der Waals surface area contributed by atoms with Crippen LogP contribution in [-0.4, -0.2) is 48.5 Å². The van der Waals surface area contributed by atoms with E-state index in [-0.39, 0.29) is 17.0 Å². The monoisotopic (exact) mass is 228 g/mol. The maximum absolute atomic E-state index is 11.8. The normalized spacial score (nSPS) is 18.7. The first-order valence-electron chi connectivity index (χ1n) is 4.62. The molecule has 1 fully saturated rings. The average molecular weight is 228 g/mol. The highest BCUT2D eigenvalue weighted by Crippen LogP contribution is 2.13. The first-order chi connectivity index (χ1) is 7.08.